The topological polar surface area (TPSA) is 29.1 Å². The van der Waals surface area contributed by atoms with E-state index in [1.54, 1.807) is 22.3 Å². The summed E-state index contributed by atoms with van der Waals surface area (Å²) in [5, 5.41) is 3.07. The van der Waals surface area contributed by atoms with Gasteiger partial charge in [0.15, 0.2) is 0 Å². The van der Waals surface area contributed by atoms with Gasteiger partial charge in [-0.05, 0) is 66.7 Å². The van der Waals surface area contributed by atoms with E-state index in [-0.39, 0.29) is 11.8 Å². The summed E-state index contributed by atoms with van der Waals surface area (Å²) in [7, 11) is 0. The maximum Gasteiger partial charge on any atom is 0.222 e. The smallest absolute Gasteiger partial charge is 0.222 e. The van der Waals surface area contributed by atoms with Crippen molar-refractivity contribution < 1.29 is 4.79 Å². The molecule has 0 radical (unpaired) electrons. The molecule has 20 heavy (non-hydrogen) atoms. The van der Waals surface area contributed by atoms with Crippen molar-refractivity contribution in [3.05, 3.63) is 34.4 Å². The lowest BCUT2D eigenvalue weighted by molar-refractivity contribution is -0.123. The Hall–Kier alpha value is -1.31. The molecule has 1 atom stereocenters. The van der Waals surface area contributed by atoms with Crippen molar-refractivity contribution in [3.8, 4) is 0 Å². The fraction of sp³-hybridized carbons (Fsp3) is 0.611. The summed E-state index contributed by atoms with van der Waals surface area (Å²) in [6, 6.07) is 4.70. The normalized spacial score (nSPS) is 20.1. The van der Waals surface area contributed by atoms with Crippen molar-refractivity contribution in [2.45, 2.75) is 58.3 Å². The zero-order valence-electron chi connectivity index (χ0n) is 12.7. The number of carbonyl (C=O) groups is 1. The molecule has 2 aliphatic rings. The average Bonchev–Trinajstić information content (AvgIpc) is 3.03. The molecule has 108 valence electrons. The van der Waals surface area contributed by atoms with Crippen molar-refractivity contribution in [2.24, 2.45) is 5.92 Å². The Bertz CT molecular complexity index is 518. The third-order valence-corrected chi connectivity index (χ3v) is 4.90. The van der Waals surface area contributed by atoms with Crippen LogP contribution in [0.4, 0.5) is 0 Å². The van der Waals surface area contributed by atoms with Gasteiger partial charge in [-0.1, -0.05) is 26.0 Å². The molecule has 0 aliphatic heterocycles. The highest BCUT2D eigenvalue weighted by molar-refractivity contribution is 5.77. The SMILES string of the molecule is CC(C)C(=O)NCC[C@@H]1CCc2ccc3c(c21)CCC3. The summed E-state index contributed by atoms with van der Waals surface area (Å²) in [6.45, 7) is 4.73. The summed E-state index contributed by atoms with van der Waals surface area (Å²) in [5.41, 5.74) is 6.46. The number of carbonyl (C=O) groups excluding carboxylic acids is 1. The van der Waals surface area contributed by atoms with E-state index in [2.05, 4.69) is 17.4 Å². The minimum absolute atomic E-state index is 0.0927. The van der Waals surface area contributed by atoms with Gasteiger partial charge >= 0.3 is 0 Å². The average molecular weight is 271 g/mol. The number of hydrogen-bond acceptors (Lipinski definition) is 1. The van der Waals surface area contributed by atoms with Crippen molar-refractivity contribution in [3.63, 3.8) is 0 Å². The van der Waals surface area contributed by atoms with Gasteiger partial charge in [0.25, 0.3) is 0 Å². The Morgan fingerprint density at radius 3 is 2.85 bits per heavy atom. The fourth-order valence-electron chi connectivity index (χ4n) is 3.81. The molecule has 1 N–H and O–H groups in total. The standard InChI is InChI=1S/C18H25NO/c1-12(2)18(20)19-11-10-15-9-8-14-7-6-13-4-3-5-16(13)17(14)15/h6-7,12,15H,3-5,8-11H2,1-2H3,(H,19,20)/t15-/m0/s1. The molecule has 0 aromatic heterocycles. The van der Waals surface area contributed by atoms with Crippen molar-refractivity contribution >= 4 is 5.91 Å². The van der Waals surface area contributed by atoms with Crippen LogP contribution in [0.3, 0.4) is 0 Å². The molecule has 0 spiro atoms. The lowest BCUT2D eigenvalue weighted by atomic mass is 9.91. The third kappa shape index (κ3) is 2.48. The summed E-state index contributed by atoms with van der Waals surface area (Å²) in [5.74, 6) is 0.946. The van der Waals surface area contributed by atoms with E-state index >= 15 is 0 Å². The molecular weight excluding hydrogens is 246 g/mol. The lowest BCUT2D eigenvalue weighted by Gasteiger charge is -2.16. The van der Waals surface area contributed by atoms with Gasteiger partial charge in [0, 0.05) is 12.5 Å². The van der Waals surface area contributed by atoms with Crippen LogP contribution in [0.2, 0.25) is 0 Å². The summed E-state index contributed by atoms with van der Waals surface area (Å²) in [4.78, 5) is 11.6. The van der Waals surface area contributed by atoms with Crippen LogP contribution in [0.25, 0.3) is 0 Å². The summed E-state index contributed by atoms with van der Waals surface area (Å²) < 4.78 is 0. The van der Waals surface area contributed by atoms with Crippen molar-refractivity contribution in [1.29, 1.82) is 0 Å². The highest BCUT2D eigenvalue weighted by Crippen LogP contribution is 2.41. The van der Waals surface area contributed by atoms with Crippen LogP contribution in [0.15, 0.2) is 12.1 Å². The summed E-state index contributed by atoms with van der Waals surface area (Å²) >= 11 is 0. The van der Waals surface area contributed by atoms with Crippen LogP contribution in [0.5, 0.6) is 0 Å². The molecule has 2 nitrogen and oxygen atoms in total. The Morgan fingerprint density at radius 1 is 1.25 bits per heavy atom. The van der Waals surface area contributed by atoms with Crippen LogP contribution in [-0.4, -0.2) is 12.5 Å². The van der Waals surface area contributed by atoms with Gasteiger partial charge in [0.1, 0.15) is 0 Å². The van der Waals surface area contributed by atoms with E-state index in [0.29, 0.717) is 5.92 Å². The number of rotatable bonds is 4. The largest absolute Gasteiger partial charge is 0.356 e. The van der Waals surface area contributed by atoms with Crippen molar-refractivity contribution in [2.75, 3.05) is 6.54 Å². The zero-order chi connectivity index (χ0) is 14.1. The number of amides is 1. The monoisotopic (exact) mass is 271 g/mol. The molecule has 2 heteroatoms. The lowest BCUT2D eigenvalue weighted by Crippen LogP contribution is -2.29. The van der Waals surface area contributed by atoms with E-state index in [4.69, 9.17) is 0 Å². The van der Waals surface area contributed by atoms with Gasteiger partial charge in [0.05, 0.1) is 0 Å². The molecule has 0 unspecified atom stereocenters. The zero-order valence-corrected chi connectivity index (χ0v) is 12.7. The number of aryl methyl sites for hydroxylation is 2. The number of fused-ring (bicyclic) bond motifs is 3. The van der Waals surface area contributed by atoms with Gasteiger partial charge in [0.2, 0.25) is 5.91 Å². The molecular formula is C18H25NO. The molecule has 1 amide bonds. The van der Waals surface area contributed by atoms with E-state index in [0.717, 1.165) is 13.0 Å². The molecule has 0 saturated heterocycles. The van der Waals surface area contributed by atoms with E-state index in [9.17, 15) is 4.79 Å². The first-order valence-electron chi connectivity index (χ1n) is 8.08. The highest BCUT2D eigenvalue weighted by atomic mass is 16.1. The molecule has 0 bridgehead atoms. The number of nitrogens with one attached hydrogen (secondary N) is 1. The van der Waals surface area contributed by atoms with Gasteiger partial charge in [-0.15, -0.1) is 0 Å². The second kappa shape index (κ2) is 5.59. The predicted octanol–water partition coefficient (Wildman–Crippen LogP) is 3.37. The Labute approximate surface area is 122 Å². The molecule has 1 aromatic rings. The quantitative estimate of drug-likeness (QED) is 0.894. The predicted molar refractivity (Wildman–Crippen MR) is 82.0 cm³/mol. The molecule has 1 aromatic carbocycles. The molecule has 0 heterocycles. The maximum atomic E-state index is 11.6. The van der Waals surface area contributed by atoms with E-state index < -0.39 is 0 Å². The first-order valence-corrected chi connectivity index (χ1v) is 8.08. The van der Waals surface area contributed by atoms with Gasteiger partial charge in [-0.2, -0.15) is 0 Å². The van der Waals surface area contributed by atoms with Crippen LogP contribution in [0.1, 0.15) is 61.3 Å². The minimum Gasteiger partial charge on any atom is -0.356 e. The second-order valence-corrected chi connectivity index (χ2v) is 6.60. The Balaban J connectivity index is 1.67. The van der Waals surface area contributed by atoms with E-state index in [1.807, 2.05) is 13.8 Å². The van der Waals surface area contributed by atoms with Crippen LogP contribution in [0, 0.1) is 5.92 Å². The first-order chi connectivity index (χ1) is 9.66. The number of hydrogen-bond donors (Lipinski definition) is 1. The van der Waals surface area contributed by atoms with Crippen LogP contribution >= 0.6 is 0 Å². The molecule has 3 rings (SSSR count). The van der Waals surface area contributed by atoms with Gasteiger partial charge < -0.3 is 5.32 Å². The van der Waals surface area contributed by atoms with E-state index in [1.165, 1.54) is 32.1 Å². The maximum absolute atomic E-state index is 11.6. The summed E-state index contributed by atoms with van der Waals surface area (Å²) in [6.07, 6.45) is 7.45. The highest BCUT2D eigenvalue weighted by Gasteiger charge is 2.28. The van der Waals surface area contributed by atoms with Gasteiger partial charge in [-0.25, -0.2) is 0 Å². The van der Waals surface area contributed by atoms with Crippen LogP contribution in [-0.2, 0) is 24.1 Å². The fourth-order valence-corrected chi connectivity index (χ4v) is 3.81. The molecule has 2 aliphatic carbocycles. The van der Waals surface area contributed by atoms with Gasteiger partial charge in [-0.3, -0.25) is 4.79 Å². The second-order valence-electron chi connectivity index (χ2n) is 6.60. The van der Waals surface area contributed by atoms with Crippen LogP contribution < -0.4 is 5.32 Å². The molecule has 0 fully saturated rings. The Morgan fingerprint density at radius 2 is 2.05 bits per heavy atom. The minimum atomic E-state index is 0.0927. The first kappa shape index (κ1) is 13.7. The third-order valence-electron chi connectivity index (χ3n) is 4.90. The number of benzene rings is 1. The molecule has 0 saturated carbocycles. The Kier molecular flexibility index (Phi) is 3.82. The van der Waals surface area contributed by atoms with Crippen molar-refractivity contribution in [1.82, 2.24) is 5.32 Å².